The van der Waals surface area contributed by atoms with E-state index in [4.69, 9.17) is 4.74 Å². The summed E-state index contributed by atoms with van der Waals surface area (Å²) >= 11 is 3.36. The molecule has 0 spiro atoms. The van der Waals surface area contributed by atoms with Gasteiger partial charge in [-0.25, -0.2) is 0 Å². The smallest absolute Gasteiger partial charge is 0.272 e. The second-order valence-electron chi connectivity index (χ2n) is 5.29. The average molecular weight is 337 g/mol. The van der Waals surface area contributed by atoms with Gasteiger partial charge in [-0.15, -0.1) is 0 Å². The van der Waals surface area contributed by atoms with Crippen LogP contribution in [0.4, 0.5) is 0 Å². The van der Waals surface area contributed by atoms with Crippen LogP contribution in [-0.4, -0.2) is 51.3 Å². The molecular formula is C13H13BrN4O2. The van der Waals surface area contributed by atoms with E-state index in [-0.39, 0.29) is 18.1 Å². The molecule has 2 fully saturated rings. The Kier molecular flexibility index (Phi) is 2.78. The van der Waals surface area contributed by atoms with Gasteiger partial charge in [0.2, 0.25) is 0 Å². The molecule has 7 heteroatoms. The number of ether oxygens (including phenoxy) is 1. The van der Waals surface area contributed by atoms with Gasteiger partial charge in [-0.2, -0.15) is 5.10 Å². The minimum Gasteiger partial charge on any atom is -0.371 e. The highest BCUT2D eigenvalue weighted by Gasteiger charge is 2.36. The van der Waals surface area contributed by atoms with Crippen LogP contribution < -0.4 is 0 Å². The topological polar surface area (TPSA) is 71.1 Å². The normalized spacial score (nSPS) is 25.4. The minimum absolute atomic E-state index is 0.0359. The Bertz CT molecular complexity index is 674. The van der Waals surface area contributed by atoms with Gasteiger partial charge in [0.05, 0.1) is 23.1 Å². The van der Waals surface area contributed by atoms with Crippen molar-refractivity contribution < 1.29 is 9.53 Å². The molecule has 0 saturated carbocycles. The second kappa shape index (κ2) is 4.53. The Morgan fingerprint density at radius 2 is 2.15 bits per heavy atom. The highest BCUT2D eigenvalue weighted by molar-refractivity contribution is 9.10. The number of hydrogen-bond acceptors (Lipinski definition) is 4. The van der Waals surface area contributed by atoms with Crippen LogP contribution in [0.25, 0.3) is 10.9 Å². The molecule has 2 bridgehead atoms. The Labute approximate surface area is 123 Å². The number of nitrogens with one attached hydrogen (secondary N) is 1. The number of likely N-dealkylation sites (tertiary alicyclic amines) is 1. The zero-order valence-corrected chi connectivity index (χ0v) is 12.3. The molecule has 2 unspecified atom stereocenters. The van der Waals surface area contributed by atoms with Crippen LogP contribution in [0.1, 0.15) is 23.3 Å². The molecule has 2 saturated heterocycles. The first kappa shape index (κ1) is 12.3. The van der Waals surface area contributed by atoms with Crippen molar-refractivity contribution in [3.8, 4) is 0 Å². The van der Waals surface area contributed by atoms with Crippen LogP contribution in [0.15, 0.2) is 16.9 Å². The number of aromatic nitrogens is 3. The number of carbonyl (C=O) groups excluding carboxylic acids is 1. The lowest BCUT2D eigenvalue weighted by Gasteiger charge is -2.31. The number of H-pyrrole nitrogens is 1. The Balaban J connectivity index is 1.63. The predicted octanol–water partition coefficient (Wildman–Crippen LogP) is 1.72. The Morgan fingerprint density at radius 3 is 2.90 bits per heavy atom. The fourth-order valence-corrected chi connectivity index (χ4v) is 3.33. The fraction of sp³-hybridized carbons (Fsp3) is 0.462. The van der Waals surface area contributed by atoms with Crippen molar-refractivity contribution in [2.45, 2.75) is 25.0 Å². The van der Waals surface area contributed by atoms with Crippen molar-refractivity contribution in [3.05, 3.63) is 22.6 Å². The quantitative estimate of drug-likeness (QED) is 0.860. The molecule has 104 valence electrons. The van der Waals surface area contributed by atoms with Gasteiger partial charge in [0.15, 0.2) is 0 Å². The first-order valence-corrected chi connectivity index (χ1v) is 7.44. The summed E-state index contributed by atoms with van der Waals surface area (Å²) in [6.07, 6.45) is 4.16. The predicted molar refractivity (Wildman–Crippen MR) is 75.4 cm³/mol. The molecule has 4 heterocycles. The van der Waals surface area contributed by atoms with E-state index in [0.29, 0.717) is 18.8 Å². The summed E-state index contributed by atoms with van der Waals surface area (Å²) in [5.41, 5.74) is 1.18. The Morgan fingerprint density at radius 1 is 1.40 bits per heavy atom. The van der Waals surface area contributed by atoms with Crippen LogP contribution in [0.3, 0.4) is 0 Å². The minimum atomic E-state index is -0.0359. The Hall–Kier alpha value is -1.47. The number of morpholine rings is 1. The van der Waals surface area contributed by atoms with Gasteiger partial charge < -0.3 is 9.64 Å². The number of carbonyl (C=O) groups is 1. The van der Waals surface area contributed by atoms with Gasteiger partial charge >= 0.3 is 0 Å². The number of pyridine rings is 1. The van der Waals surface area contributed by atoms with Gasteiger partial charge in [-0.05, 0) is 34.8 Å². The first-order valence-electron chi connectivity index (χ1n) is 6.65. The third-order valence-corrected chi connectivity index (χ3v) is 4.55. The van der Waals surface area contributed by atoms with Crippen LogP contribution in [0.2, 0.25) is 0 Å². The number of fused-ring (bicyclic) bond motifs is 3. The van der Waals surface area contributed by atoms with Crippen molar-refractivity contribution in [1.29, 1.82) is 0 Å². The molecule has 2 atom stereocenters. The van der Waals surface area contributed by atoms with E-state index in [1.165, 1.54) is 0 Å². The number of rotatable bonds is 1. The van der Waals surface area contributed by atoms with Crippen molar-refractivity contribution >= 4 is 32.7 Å². The summed E-state index contributed by atoms with van der Waals surface area (Å²) in [5, 5.41) is 7.85. The molecule has 0 radical (unpaired) electrons. The number of halogens is 1. The van der Waals surface area contributed by atoms with E-state index in [0.717, 1.165) is 28.3 Å². The third-order valence-electron chi connectivity index (χ3n) is 3.94. The molecule has 1 N–H and O–H groups in total. The molecule has 2 aromatic heterocycles. The van der Waals surface area contributed by atoms with Crippen LogP contribution in [0, 0.1) is 0 Å². The van der Waals surface area contributed by atoms with Crippen LogP contribution >= 0.6 is 15.9 Å². The van der Waals surface area contributed by atoms with Gasteiger partial charge in [0.25, 0.3) is 5.91 Å². The third kappa shape index (κ3) is 1.92. The maximum absolute atomic E-state index is 12.5. The summed E-state index contributed by atoms with van der Waals surface area (Å²) in [6.45, 7) is 1.33. The molecule has 2 aliphatic rings. The van der Waals surface area contributed by atoms with E-state index in [2.05, 4.69) is 31.1 Å². The number of hydrogen-bond donors (Lipinski definition) is 1. The molecule has 6 nitrogen and oxygen atoms in total. The molecule has 20 heavy (non-hydrogen) atoms. The van der Waals surface area contributed by atoms with E-state index in [1.807, 2.05) is 4.90 Å². The second-order valence-corrected chi connectivity index (χ2v) is 6.08. The summed E-state index contributed by atoms with van der Waals surface area (Å²) in [6, 6.07) is 1.73. The highest BCUT2D eigenvalue weighted by Crippen LogP contribution is 2.27. The highest BCUT2D eigenvalue weighted by atomic mass is 79.9. The maximum atomic E-state index is 12.5. The van der Waals surface area contributed by atoms with Gasteiger partial charge in [0, 0.05) is 19.3 Å². The van der Waals surface area contributed by atoms with E-state index >= 15 is 0 Å². The number of amides is 1. The van der Waals surface area contributed by atoms with Gasteiger partial charge in [0.1, 0.15) is 10.3 Å². The first-order chi connectivity index (χ1) is 9.70. The summed E-state index contributed by atoms with van der Waals surface area (Å²) in [7, 11) is 0. The molecule has 1 amide bonds. The molecule has 2 aromatic rings. The average Bonchev–Trinajstić information content (AvgIpc) is 3.00. The van der Waals surface area contributed by atoms with Crippen molar-refractivity contribution in [2.75, 3.05) is 13.1 Å². The molecule has 4 rings (SSSR count). The van der Waals surface area contributed by atoms with E-state index in [1.54, 1.807) is 12.3 Å². The number of aromatic amines is 1. The van der Waals surface area contributed by atoms with Crippen LogP contribution in [0.5, 0.6) is 0 Å². The summed E-state index contributed by atoms with van der Waals surface area (Å²) < 4.78 is 6.53. The molecule has 0 aromatic carbocycles. The standard InChI is InChI=1S/C13H13BrN4O2/c14-12-9-4-15-11(3-10(9)16-17-12)13(19)18-5-7-1-2-8(6-18)20-7/h3-4,7-8H,1-2,5-6H2,(H,16,17). The fourth-order valence-electron chi connectivity index (χ4n) is 2.94. The van der Waals surface area contributed by atoms with Crippen molar-refractivity contribution in [3.63, 3.8) is 0 Å². The number of nitrogens with zero attached hydrogens (tertiary/aromatic N) is 3. The zero-order chi connectivity index (χ0) is 13.7. The summed E-state index contributed by atoms with van der Waals surface area (Å²) in [5.74, 6) is -0.0359. The lowest BCUT2D eigenvalue weighted by molar-refractivity contribution is -0.0305. The SMILES string of the molecule is O=C(c1cc2n[nH]c(Br)c2cn1)N1CC2CCC(C1)O2. The van der Waals surface area contributed by atoms with Crippen molar-refractivity contribution in [2.24, 2.45) is 0 Å². The van der Waals surface area contributed by atoms with Gasteiger partial charge in [-0.3, -0.25) is 14.9 Å². The molecule has 0 aliphatic carbocycles. The summed E-state index contributed by atoms with van der Waals surface area (Å²) in [4.78, 5) is 18.6. The van der Waals surface area contributed by atoms with Gasteiger partial charge in [-0.1, -0.05) is 0 Å². The van der Waals surface area contributed by atoms with Crippen molar-refractivity contribution in [1.82, 2.24) is 20.1 Å². The molecule has 2 aliphatic heterocycles. The lowest BCUT2D eigenvalue weighted by atomic mass is 10.2. The lowest BCUT2D eigenvalue weighted by Crippen LogP contribution is -2.46. The molecular weight excluding hydrogens is 324 g/mol. The maximum Gasteiger partial charge on any atom is 0.272 e. The van der Waals surface area contributed by atoms with E-state index < -0.39 is 0 Å². The van der Waals surface area contributed by atoms with E-state index in [9.17, 15) is 4.79 Å². The monoisotopic (exact) mass is 336 g/mol. The largest absolute Gasteiger partial charge is 0.371 e. The zero-order valence-electron chi connectivity index (χ0n) is 10.7. The van der Waals surface area contributed by atoms with Crippen LogP contribution in [-0.2, 0) is 4.74 Å².